The Balaban J connectivity index is 1.11. The van der Waals surface area contributed by atoms with Crippen LogP contribution < -0.4 is 5.32 Å². The van der Waals surface area contributed by atoms with Crippen molar-refractivity contribution in [2.24, 2.45) is 47.3 Å². The van der Waals surface area contributed by atoms with Crippen LogP contribution in [0.4, 0.5) is 0 Å². The first-order valence-corrected chi connectivity index (χ1v) is 23.9. The van der Waals surface area contributed by atoms with Crippen LogP contribution in [0.1, 0.15) is 195 Å². The van der Waals surface area contributed by atoms with Crippen molar-refractivity contribution in [2.45, 2.75) is 207 Å². The molecule has 57 heavy (non-hydrogen) atoms. The molecule has 4 fully saturated rings. The highest BCUT2D eigenvalue weighted by molar-refractivity contribution is 5.71. The Kier molecular flexibility index (Phi) is 22.4. The summed E-state index contributed by atoms with van der Waals surface area (Å²) in [7, 11) is 0. The highest BCUT2D eigenvalue weighted by Gasteiger charge is 2.27. The van der Waals surface area contributed by atoms with Crippen molar-refractivity contribution >= 4 is 23.9 Å². The molecular formula is C48H83NO8. The molecule has 9 heteroatoms. The first-order valence-electron chi connectivity index (χ1n) is 23.9. The zero-order valence-corrected chi connectivity index (χ0v) is 36.8. The zero-order valence-electron chi connectivity index (χ0n) is 36.8. The third-order valence-corrected chi connectivity index (χ3v) is 14.2. The Morgan fingerprint density at radius 2 is 0.772 bits per heavy atom. The smallest absolute Gasteiger partial charge is 0.306 e. The lowest BCUT2D eigenvalue weighted by molar-refractivity contribution is -0.160. The molecular weight excluding hydrogens is 719 g/mol. The Hall–Kier alpha value is -2.16. The fourth-order valence-electron chi connectivity index (χ4n) is 9.79. The lowest BCUT2D eigenvalue weighted by Crippen LogP contribution is -2.28. The average molecular weight is 802 g/mol. The van der Waals surface area contributed by atoms with Gasteiger partial charge in [-0.05, 0) is 125 Å². The van der Waals surface area contributed by atoms with Gasteiger partial charge in [-0.2, -0.15) is 0 Å². The summed E-state index contributed by atoms with van der Waals surface area (Å²) in [6.45, 7) is 10.8. The van der Waals surface area contributed by atoms with E-state index in [0.29, 0.717) is 75.3 Å². The van der Waals surface area contributed by atoms with Gasteiger partial charge in [-0.15, -0.1) is 0 Å². The molecule has 4 saturated carbocycles. The standard InChI is InChI=1S/C48H83NO8/c1-35-9-17-39(18-10-35)25-27-43(33-54-47(52)31-41-21-13-37(3)14-22-41)56-45(50)7-5-29-49-30-6-8-46(51)57-44(28-26-40-19-11-36(2)12-20-40)34-55-48(53)32-42-23-15-38(4)16-24-42/h35-44,49H,5-34H2,1-4H3. The van der Waals surface area contributed by atoms with E-state index in [-0.39, 0.29) is 37.1 Å². The van der Waals surface area contributed by atoms with Gasteiger partial charge in [0.1, 0.15) is 25.4 Å². The van der Waals surface area contributed by atoms with Crippen LogP contribution in [0.2, 0.25) is 0 Å². The fraction of sp³-hybridized carbons (Fsp3) is 0.917. The summed E-state index contributed by atoms with van der Waals surface area (Å²) in [4.78, 5) is 51.3. The molecule has 0 saturated heterocycles. The van der Waals surface area contributed by atoms with E-state index in [4.69, 9.17) is 18.9 Å². The van der Waals surface area contributed by atoms with Crippen molar-refractivity contribution in [3.63, 3.8) is 0 Å². The van der Waals surface area contributed by atoms with Gasteiger partial charge in [-0.25, -0.2) is 0 Å². The van der Waals surface area contributed by atoms with E-state index in [9.17, 15) is 19.2 Å². The first-order chi connectivity index (χ1) is 27.5. The van der Waals surface area contributed by atoms with Crippen LogP contribution in [0.15, 0.2) is 0 Å². The van der Waals surface area contributed by atoms with Crippen molar-refractivity contribution in [3.05, 3.63) is 0 Å². The SMILES string of the molecule is CC1CCC(CCC(COC(=O)CC2CCC(C)CC2)OC(=O)CCCNCCCC(=O)OC(CCC2CCC(C)CC2)COC(=O)CC2CCC(C)CC2)CC1. The highest BCUT2D eigenvalue weighted by Crippen LogP contribution is 2.34. The van der Waals surface area contributed by atoms with Crippen LogP contribution in [-0.2, 0) is 38.1 Å². The molecule has 2 unspecified atom stereocenters. The molecule has 0 amide bonds. The molecule has 4 aliphatic carbocycles. The number of carbonyl (C=O) groups excluding carboxylic acids is 4. The molecule has 1 N–H and O–H groups in total. The summed E-state index contributed by atoms with van der Waals surface area (Å²) >= 11 is 0. The molecule has 2 atom stereocenters. The summed E-state index contributed by atoms with van der Waals surface area (Å²) in [6.07, 6.45) is 24.4. The molecule has 0 aromatic rings. The Morgan fingerprint density at radius 1 is 0.456 bits per heavy atom. The third-order valence-electron chi connectivity index (χ3n) is 14.2. The molecule has 0 heterocycles. The minimum atomic E-state index is -0.398. The highest BCUT2D eigenvalue weighted by atomic mass is 16.6. The van der Waals surface area contributed by atoms with Gasteiger partial charge < -0.3 is 24.3 Å². The monoisotopic (exact) mass is 802 g/mol. The minimum Gasteiger partial charge on any atom is -0.462 e. The predicted octanol–water partition coefficient (Wildman–Crippen LogP) is 10.7. The number of nitrogens with one attached hydrogen (secondary N) is 1. The summed E-state index contributed by atoms with van der Waals surface area (Å²) in [5.74, 6) is 4.37. The van der Waals surface area contributed by atoms with Gasteiger partial charge in [0.2, 0.25) is 0 Å². The van der Waals surface area contributed by atoms with Gasteiger partial charge in [-0.1, -0.05) is 105 Å². The van der Waals surface area contributed by atoms with Gasteiger partial charge in [0.25, 0.3) is 0 Å². The van der Waals surface area contributed by atoms with Crippen LogP contribution in [0, 0.1) is 47.3 Å². The van der Waals surface area contributed by atoms with Crippen molar-refractivity contribution in [2.75, 3.05) is 26.3 Å². The van der Waals surface area contributed by atoms with Crippen molar-refractivity contribution in [1.29, 1.82) is 0 Å². The van der Waals surface area contributed by atoms with Crippen LogP contribution >= 0.6 is 0 Å². The molecule has 4 aliphatic rings. The topological polar surface area (TPSA) is 117 Å². The number of rotatable bonds is 24. The average Bonchev–Trinajstić information content (AvgIpc) is 3.19. The summed E-state index contributed by atoms with van der Waals surface area (Å²) in [6, 6.07) is 0. The fourth-order valence-corrected chi connectivity index (χ4v) is 9.79. The summed E-state index contributed by atoms with van der Waals surface area (Å²) < 4.78 is 23.3. The van der Waals surface area contributed by atoms with Crippen LogP contribution in [0.3, 0.4) is 0 Å². The maximum atomic E-state index is 12.9. The maximum absolute atomic E-state index is 12.9. The van der Waals surface area contributed by atoms with E-state index in [2.05, 4.69) is 33.0 Å². The second kappa shape index (κ2) is 26.8. The molecule has 9 nitrogen and oxygen atoms in total. The number of hydrogen-bond acceptors (Lipinski definition) is 9. The molecule has 0 aromatic heterocycles. The van der Waals surface area contributed by atoms with Crippen molar-refractivity contribution < 1.29 is 38.1 Å². The van der Waals surface area contributed by atoms with E-state index in [0.717, 1.165) is 75.0 Å². The Bertz CT molecular complexity index is 1060. The first kappa shape index (κ1) is 47.5. The normalized spacial score (nSPS) is 29.1. The van der Waals surface area contributed by atoms with Crippen LogP contribution in [0.5, 0.6) is 0 Å². The van der Waals surface area contributed by atoms with Gasteiger partial charge >= 0.3 is 23.9 Å². The van der Waals surface area contributed by atoms with Gasteiger partial charge in [0.15, 0.2) is 0 Å². The van der Waals surface area contributed by atoms with Crippen molar-refractivity contribution in [3.8, 4) is 0 Å². The quantitative estimate of drug-likeness (QED) is 0.0578. The third kappa shape index (κ3) is 20.6. The summed E-state index contributed by atoms with van der Waals surface area (Å²) in [5, 5.41) is 3.35. The Labute approximate surface area is 347 Å². The molecule has 0 radical (unpaired) electrons. The van der Waals surface area contributed by atoms with E-state index in [1.807, 2.05) is 0 Å². The van der Waals surface area contributed by atoms with Crippen LogP contribution in [0.25, 0.3) is 0 Å². The Morgan fingerprint density at radius 3 is 1.11 bits per heavy atom. The number of esters is 4. The lowest BCUT2D eigenvalue weighted by Gasteiger charge is -2.28. The lowest BCUT2D eigenvalue weighted by atomic mass is 9.80. The van der Waals surface area contributed by atoms with Gasteiger partial charge in [-0.3, -0.25) is 19.2 Å². The van der Waals surface area contributed by atoms with Gasteiger partial charge in [0.05, 0.1) is 0 Å². The minimum absolute atomic E-state index is 0.147. The molecule has 328 valence electrons. The molecule has 0 spiro atoms. The van der Waals surface area contributed by atoms with E-state index in [1.165, 1.54) is 77.0 Å². The number of carbonyl (C=O) groups is 4. The van der Waals surface area contributed by atoms with Crippen LogP contribution in [-0.4, -0.2) is 62.4 Å². The molecule has 0 aromatic carbocycles. The molecule has 4 rings (SSSR count). The maximum Gasteiger partial charge on any atom is 0.306 e. The largest absolute Gasteiger partial charge is 0.462 e. The summed E-state index contributed by atoms with van der Waals surface area (Å²) in [5.41, 5.74) is 0. The van der Waals surface area contributed by atoms with E-state index in [1.54, 1.807) is 0 Å². The number of ether oxygens (including phenoxy) is 4. The van der Waals surface area contributed by atoms with Crippen molar-refractivity contribution in [1.82, 2.24) is 5.32 Å². The predicted molar refractivity (Wildman–Crippen MR) is 225 cm³/mol. The van der Waals surface area contributed by atoms with Gasteiger partial charge in [0, 0.05) is 25.7 Å². The van der Waals surface area contributed by atoms with E-state index >= 15 is 0 Å². The van der Waals surface area contributed by atoms with E-state index < -0.39 is 12.2 Å². The second-order valence-corrected chi connectivity index (χ2v) is 19.6. The molecule has 0 bridgehead atoms. The second-order valence-electron chi connectivity index (χ2n) is 19.6. The number of hydrogen-bond donors (Lipinski definition) is 1. The zero-order chi connectivity index (χ0) is 40.8. The molecule has 0 aliphatic heterocycles.